The van der Waals surface area contributed by atoms with Crippen LogP contribution in [0.15, 0.2) is 17.5 Å². The molecule has 0 radical (unpaired) electrons. The minimum Gasteiger partial charge on any atom is -0.365 e. The standard InChI is InChI=1S/C14H15N3O2S3/c1-3-8-7(2)22-13(10(8)11(15)18)17-14(20)16-12(19)9-5-4-6-21-9/h4-6H,3H2,1-2H3,(H2,15,18)(H2,16,17,19,20). The van der Waals surface area contributed by atoms with E-state index >= 15 is 0 Å². The Kier molecular flexibility index (Phi) is 5.28. The maximum absolute atomic E-state index is 11.9. The second-order valence-corrected chi connectivity index (χ2v) is 7.02. The normalized spacial score (nSPS) is 10.3. The van der Waals surface area contributed by atoms with Crippen LogP contribution in [-0.4, -0.2) is 16.9 Å². The van der Waals surface area contributed by atoms with Crippen LogP contribution in [0.25, 0.3) is 0 Å². The van der Waals surface area contributed by atoms with E-state index in [-0.39, 0.29) is 11.0 Å². The lowest BCUT2D eigenvalue weighted by Gasteiger charge is -2.08. The van der Waals surface area contributed by atoms with E-state index in [0.717, 1.165) is 10.4 Å². The Morgan fingerprint density at radius 2 is 2.14 bits per heavy atom. The molecule has 0 bridgehead atoms. The molecule has 0 unspecified atom stereocenters. The van der Waals surface area contributed by atoms with Crippen molar-refractivity contribution in [1.82, 2.24) is 5.32 Å². The second-order valence-electron chi connectivity index (χ2n) is 4.44. The number of rotatable bonds is 4. The fourth-order valence-corrected chi connectivity index (χ4v) is 4.09. The molecule has 0 fully saturated rings. The van der Waals surface area contributed by atoms with Crippen LogP contribution in [0.2, 0.25) is 0 Å². The second kappa shape index (κ2) is 6.99. The molecule has 116 valence electrons. The summed E-state index contributed by atoms with van der Waals surface area (Å²) in [5.41, 5.74) is 6.81. The molecule has 5 nitrogen and oxygen atoms in total. The Labute approximate surface area is 141 Å². The third-order valence-corrected chi connectivity index (χ3v) is 5.14. The molecule has 0 aliphatic rings. The number of aryl methyl sites for hydroxylation is 1. The number of thiocarbonyl (C=S) groups is 1. The highest BCUT2D eigenvalue weighted by Crippen LogP contribution is 2.33. The molecule has 2 rings (SSSR count). The highest BCUT2D eigenvalue weighted by molar-refractivity contribution is 7.80. The first kappa shape index (κ1) is 16.6. The van der Waals surface area contributed by atoms with E-state index in [0.29, 0.717) is 21.9 Å². The van der Waals surface area contributed by atoms with E-state index in [1.165, 1.54) is 22.7 Å². The molecule has 2 aromatic rings. The number of amides is 2. The van der Waals surface area contributed by atoms with Gasteiger partial charge in [-0.2, -0.15) is 0 Å². The first-order chi connectivity index (χ1) is 10.4. The highest BCUT2D eigenvalue weighted by Gasteiger charge is 2.20. The molecule has 0 saturated carbocycles. The third-order valence-electron chi connectivity index (χ3n) is 3.01. The Bertz CT molecular complexity index is 720. The van der Waals surface area contributed by atoms with Gasteiger partial charge in [0.15, 0.2) is 5.11 Å². The Morgan fingerprint density at radius 1 is 1.41 bits per heavy atom. The van der Waals surface area contributed by atoms with Crippen LogP contribution in [0.3, 0.4) is 0 Å². The van der Waals surface area contributed by atoms with Gasteiger partial charge in [0.05, 0.1) is 10.4 Å². The van der Waals surface area contributed by atoms with Gasteiger partial charge in [-0.25, -0.2) is 0 Å². The fraction of sp³-hybridized carbons (Fsp3) is 0.214. The number of hydrogen-bond donors (Lipinski definition) is 3. The van der Waals surface area contributed by atoms with Crippen molar-refractivity contribution in [3.8, 4) is 0 Å². The van der Waals surface area contributed by atoms with Gasteiger partial charge in [-0.3, -0.25) is 14.9 Å². The summed E-state index contributed by atoms with van der Waals surface area (Å²) in [5.74, 6) is -0.784. The van der Waals surface area contributed by atoms with Gasteiger partial charge in [0.25, 0.3) is 11.8 Å². The van der Waals surface area contributed by atoms with Crippen molar-refractivity contribution in [2.75, 3.05) is 5.32 Å². The van der Waals surface area contributed by atoms with Gasteiger partial charge in [-0.1, -0.05) is 13.0 Å². The van der Waals surface area contributed by atoms with Gasteiger partial charge in [-0.15, -0.1) is 22.7 Å². The predicted molar refractivity (Wildman–Crippen MR) is 95.0 cm³/mol. The summed E-state index contributed by atoms with van der Waals surface area (Å²) in [6.07, 6.45) is 0.705. The average molecular weight is 353 g/mol. The van der Waals surface area contributed by atoms with Crippen molar-refractivity contribution in [1.29, 1.82) is 0 Å². The molecule has 0 aromatic carbocycles. The van der Waals surface area contributed by atoms with E-state index in [1.54, 1.807) is 12.1 Å². The molecule has 0 saturated heterocycles. The van der Waals surface area contributed by atoms with Crippen molar-refractivity contribution in [2.45, 2.75) is 20.3 Å². The average Bonchev–Trinajstić information content (AvgIpc) is 3.05. The molecule has 2 heterocycles. The number of thiophene rings is 2. The van der Waals surface area contributed by atoms with E-state index in [4.69, 9.17) is 18.0 Å². The van der Waals surface area contributed by atoms with Gasteiger partial charge in [0.2, 0.25) is 0 Å². The first-order valence-electron chi connectivity index (χ1n) is 6.52. The number of anilines is 1. The summed E-state index contributed by atoms with van der Waals surface area (Å²) in [6, 6.07) is 3.50. The SMILES string of the molecule is CCc1c(C)sc(NC(=S)NC(=O)c2cccs2)c1C(N)=O. The molecular formula is C14H15N3O2S3. The van der Waals surface area contributed by atoms with Crippen molar-refractivity contribution < 1.29 is 9.59 Å². The molecule has 8 heteroatoms. The fourth-order valence-electron chi connectivity index (χ4n) is 2.06. The van der Waals surface area contributed by atoms with Crippen LogP contribution in [-0.2, 0) is 6.42 Å². The summed E-state index contributed by atoms with van der Waals surface area (Å²) in [6.45, 7) is 3.89. The van der Waals surface area contributed by atoms with Gasteiger partial charge in [0, 0.05) is 4.88 Å². The molecule has 0 aliphatic carbocycles. The van der Waals surface area contributed by atoms with Crippen molar-refractivity contribution in [3.63, 3.8) is 0 Å². The number of hydrogen-bond acceptors (Lipinski definition) is 5. The highest BCUT2D eigenvalue weighted by atomic mass is 32.1. The number of nitrogens with one attached hydrogen (secondary N) is 2. The van der Waals surface area contributed by atoms with Crippen LogP contribution < -0.4 is 16.4 Å². The van der Waals surface area contributed by atoms with Gasteiger partial charge in [0.1, 0.15) is 5.00 Å². The molecule has 0 aliphatic heterocycles. The molecule has 22 heavy (non-hydrogen) atoms. The largest absolute Gasteiger partial charge is 0.365 e. The van der Waals surface area contributed by atoms with E-state index < -0.39 is 5.91 Å². The summed E-state index contributed by atoms with van der Waals surface area (Å²) in [5, 5.41) is 8.02. The zero-order valence-corrected chi connectivity index (χ0v) is 14.5. The summed E-state index contributed by atoms with van der Waals surface area (Å²) < 4.78 is 0. The van der Waals surface area contributed by atoms with Crippen LogP contribution in [0.5, 0.6) is 0 Å². The van der Waals surface area contributed by atoms with E-state index in [9.17, 15) is 9.59 Å². The molecule has 0 atom stereocenters. The molecule has 4 N–H and O–H groups in total. The smallest absolute Gasteiger partial charge is 0.267 e. The summed E-state index contributed by atoms with van der Waals surface area (Å²) in [7, 11) is 0. The van der Waals surface area contributed by atoms with Crippen molar-refractivity contribution in [3.05, 3.63) is 38.4 Å². The van der Waals surface area contributed by atoms with Crippen LogP contribution in [0.1, 0.15) is 37.4 Å². The lowest BCUT2D eigenvalue weighted by atomic mass is 10.1. The Morgan fingerprint density at radius 3 is 2.68 bits per heavy atom. The topological polar surface area (TPSA) is 84.2 Å². The van der Waals surface area contributed by atoms with Crippen LogP contribution in [0, 0.1) is 6.92 Å². The van der Waals surface area contributed by atoms with Crippen molar-refractivity contribution in [2.24, 2.45) is 5.73 Å². The van der Waals surface area contributed by atoms with Gasteiger partial charge < -0.3 is 11.1 Å². The quantitative estimate of drug-likeness (QED) is 0.738. The molecule has 0 spiro atoms. The minimum atomic E-state index is -0.504. The molecule has 2 aromatic heterocycles. The number of primary amides is 1. The number of carbonyl (C=O) groups is 2. The van der Waals surface area contributed by atoms with Crippen LogP contribution in [0.4, 0.5) is 5.00 Å². The zero-order valence-electron chi connectivity index (χ0n) is 12.1. The maximum atomic E-state index is 11.9. The summed E-state index contributed by atoms with van der Waals surface area (Å²) >= 11 is 7.86. The molecule has 2 amide bonds. The summed E-state index contributed by atoms with van der Waals surface area (Å²) in [4.78, 5) is 25.2. The lowest BCUT2D eigenvalue weighted by Crippen LogP contribution is -2.34. The minimum absolute atomic E-state index is 0.143. The third kappa shape index (κ3) is 3.52. The predicted octanol–water partition coefficient (Wildman–Crippen LogP) is 2.91. The number of carbonyl (C=O) groups excluding carboxylic acids is 2. The van der Waals surface area contributed by atoms with E-state index in [2.05, 4.69) is 10.6 Å². The van der Waals surface area contributed by atoms with Gasteiger partial charge in [-0.05, 0) is 42.6 Å². The monoisotopic (exact) mass is 353 g/mol. The lowest BCUT2D eigenvalue weighted by molar-refractivity contribution is 0.0979. The number of nitrogens with two attached hydrogens (primary N) is 1. The van der Waals surface area contributed by atoms with Crippen molar-refractivity contribution >= 4 is 56.8 Å². The van der Waals surface area contributed by atoms with E-state index in [1.807, 2.05) is 19.2 Å². The Hall–Kier alpha value is -1.77. The van der Waals surface area contributed by atoms with Crippen LogP contribution >= 0.6 is 34.9 Å². The maximum Gasteiger partial charge on any atom is 0.267 e. The Balaban J connectivity index is 2.15. The first-order valence-corrected chi connectivity index (χ1v) is 8.62. The zero-order chi connectivity index (χ0) is 16.3. The van der Waals surface area contributed by atoms with Gasteiger partial charge >= 0.3 is 0 Å². The molecular weight excluding hydrogens is 338 g/mol.